The number of carboxylic acids is 1. The molecule has 1 rings (SSSR count). The van der Waals surface area contributed by atoms with Crippen molar-refractivity contribution in [1.29, 1.82) is 0 Å². The molecule has 0 fully saturated rings. The Labute approximate surface area is 116 Å². The number of hydrogen-bond donors (Lipinski definition) is 1. The number of carbonyl (C=O) groups is 1. The zero-order chi connectivity index (χ0) is 14.8. The standard InChI is InChI=1S/C17H26O2/c1-16(2,3)13-9-7-8-12(10-13)14(11-15(18)19)17(4,5)6/h7-10,14H,11H2,1-6H3,(H,18,19). The summed E-state index contributed by atoms with van der Waals surface area (Å²) in [5, 5.41) is 9.14. The van der Waals surface area contributed by atoms with E-state index < -0.39 is 5.97 Å². The molecule has 1 unspecified atom stereocenters. The monoisotopic (exact) mass is 262 g/mol. The van der Waals surface area contributed by atoms with E-state index in [9.17, 15) is 4.79 Å². The van der Waals surface area contributed by atoms with E-state index >= 15 is 0 Å². The molecule has 106 valence electrons. The van der Waals surface area contributed by atoms with Gasteiger partial charge in [0.05, 0.1) is 6.42 Å². The predicted octanol–water partition coefficient (Wildman–Crippen LogP) is 4.59. The van der Waals surface area contributed by atoms with Gasteiger partial charge in [-0.2, -0.15) is 0 Å². The second kappa shape index (κ2) is 5.36. The van der Waals surface area contributed by atoms with Crippen molar-refractivity contribution < 1.29 is 9.90 Å². The molecule has 0 saturated heterocycles. The Balaban J connectivity index is 3.20. The van der Waals surface area contributed by atoms with Gasteiger partial charge in [-0.3, -0.25) is 4.79 Å². The van der Waals surface area contributed by atoms with Crippen LogP contribution in [0.25, 0.3) is 0 Å². The van der Waals surface area contributed by atoms with Crippen LogP contribution < -0.4 is 0 Å². The Morgan fingerprint density at radius 1 is 1.16 bits per heavy atom. The van der Waals surface area contributed by atoms with E-state index in [1.165, 1.54) is 5.56 Å². The van der Waals surface area contributed by atoms with Gasteiger partial charge in [0, 0.05) is 0 Å². The summed E-state index contributed by atoms with van der Waals surface area (Å²) in [6.45, 7) is 12.8. The summed E-state index contributed by atoms with van der Waals surface area (Å²) >= 11 is 0. The highest BCUT2D eigenvalue weighted by Crippen LogP contribution is 2.39. The lowest BCUT2D eigenvalue weighted by molar-refractivity contribution is -0.138. The highest BCUT2D eigenvalue weighted by atomic mass is 16.4. The minimum absolute atomic E-state index is 0.0345. The molecule has 1 atom stereocenters. The van der Waals surface area contributed by atoms with Crippen molar-refractivity contribution in [3.63, 3.8) is 0 Å². The van der Waals surface area contributed by atoms with Gasteiger partial charge < -0.3 is 5.11 Å². The summed E-state index contributed by atoms with van der Waals surface area (Å²) in [6, 6.07) is 8.37. The van der Waals surface area contributed by atoms with Crippen molar-refractivity contribution in [2.45, 2.75) is 59.3 Å². The Morgan fingerprint density at radius 2 is 1.74 bits per heavy atom. The largest absolute Gasteiger partial charge is 0.481 e. The average Bonchev–Trinajstić information content (AvgIpc) is 2.23. The third-order valence-corrected chi connectivity index (χ3v) is 3.58. The highest BCUT2D eigenvalue weighted by molar-refractivity contribution is 5.68. The number of benzene rings is 1. The van der Waals surface area contributed by atoms with Crippen LogP contribution in [0.2, 0.25) is 0 Å². The second-order valence-electron chi connectivity index (χ2n) is 7.39. The van der Waals surface area contributed by atoms with Gasteiger partial charge in [0.1, 0.15) is 0 Å². The third kappa shape index (κ3) is 4.38. The molecule has 0 radical (unpaired) electrons. The summed E-state index contributed by atoms with van der Waals surface area (Å²) < 4.78 is 0. The topological polar surface area (TPSA) is 37.3 Å². The number of hydrogen-bond acceptors (Lipinski definition) is 1. The fourth-order valence-electron chi connectivity index (χ4n) is 2.32. The van der Waals surface area contributed by atoms with Crippen LogP contribution >= 0.6 is 0 Å². The molecule has 0 aliphatic rings. The molecule has 1 N–H and O–H groups in total. The maximum atomic E-state index is 11.1. The van der Waals surface area contributed by atoms with Crippen LogP contribution in [0.3, 0.4) is 0 Å². The van der Waals surface area contributed by atoms with E-state index in [1.54, 1.807) is 0 Å². The van der Waals surface area contributed by atoms with Crippen LogP contribution in [0.1, 0.15) is 65.0 Å². The van der Waals surface area contributed by atoms with E-state index in [0.29, 0.717) is 0 Å². The van der Waals surface area contributed by atoms with Gasteiger partial charge in [0.25, 0.3) is 0 Å². The lowest BCUT2D eigenvalue weighted by Gasteiger charge is -2.31. The predicted molar refractivity (Wildman–Crippen MR) is 79.6 cm³/mol. The summed E-state index contributed by atoms with van der Waals surface area (Å²) in [5.74, 6) is -0.701. The smallest absolute Gasteiger partial charge is 0.303 e. The van der Waals surface area contributed by atoms with Gasteiger partial charge in [0.15, 0.2) is 0 Å². The van der Waals surface area contributed by atoms with Crippen LogP contribution in [-0.4, -0.2) is 11.1 Å². The van der Waals surface area contributed by atoms with E-state index in [2.05, 4.69) is 53.7 Å². The molecule has 19 heavy (non-hydrogen) atoms. The Bertz CT molecular complexity index is 447. The first-order chi connectivity index (χ1) is 8.51. The molecule has 2 heteroatoms. The summed E-state index contributed by atoms with van der Waals surface area (Å²) in [6.07, 6.45) is 0.178. The van der Waals surface area contributed by atoms with Gasteiger partial charge in [-0.15, -0.1) is 0 Å². The molecule has 0 spiro atoms. The zero-order valence-electron chi connectivity index (χ0n) is 12.9. The summed E-state index contributed by atoms with van der Waals surface area (Å²) in [4.78, 5) is 11.1. The number of rotatable bonds is 3. The van der Waals surface area contributed by atoms with Crippen LogP contribution in [0.5, 0.6) is 0 Å². The van der Waals surface area contributed by atoms with E-state index in [4.69, 9.17) is 5.11 Å². The Morgan fingerprint density at radius 3 is 2.16 bits per heavy atom. The van der Waals surface area contributed by atoms with Crippen molar-refractivity contribution in [2.24, 2.45) is 5.41 Å². The molecule has 1 aromatic carbocycles. The molecule has 0 bridgehead atoms. The molecule has 0 aromatic heterocycles. The normalized spacial score (nSPS) is 14.2. The number of aliphatic carboxylic acids is 1. The van der Waals surface area contributed by atoms with Crippen molar-refractivity contribution in [3.05, 3.63) is 35.4 Å². The molecule has 0 aliphatic carbocycles. The fourth-order valence-corrected chi connectivity index (χ4v) is 2.32. The molecule has 0 heterocycles. The van der Waals surface area contributed by atoms with Gasteiger partial charge in [-0.1, -0.05) is 65.8 Å². The Kier molecular flexibility index (Phi) is 4.44. The van der Waals surface area contributed by atoms with Crippen molar-refractivity contribution in [1.82, 2.24) is 0 Å². The van der Waals surface area contributed by atoms with E-state index in [1.807, 2.05) is 12.1 Å². The maximum absolute atomic E-state index is 11.1. The molecule has 1 aromatic rings. The molecular formula is C17H26O2. The van der Waals surface area contributed by atoms with Gasteiger partial charge in [-0.05, 0) is 27.9 Å². The highest BCUT2D eigenvalue weighted by Gasteiger charge is 2.29. The second-order valence-corrected chi connectivity index (χ2v) is 7.39. The quantitative estimate of drug-likeness (QED) is 0.865. The number of carboxylic acid groups (broad SMARTS) is 1. The van der Waals surface area contributed by atoms with Gasteiger partial charge in [-0.25, -0.2) is 0 Å². The fraction of sp³-hybridized carbons (Fsp3) is 0.588. The zero-order valence-corrected chi connectivity index (χ0v) is 12.9. The minimum Gasteiger partial charge on any atom is -0.481 e. The SMILES string of the molecule is CC(C)(C)c1cccc(C(CC(=O)O)C(C)(C)C)c1. The minimum atomic E-state index is -0.735. The van der Waals surface area contributed by atoms with Gasteiger partial charge in [0.2, 0.25) is 0 Å². The van der Waals surface area contributed by atoms with E-state index in [0.717, 1.165) is 5.56 Å². The van der Waals surface area contributed by atoms with Crippen LogP contribution in [-0.2, 0) is 10.2 Å². The van der Waals surface area contributed by atoms with Crippen molar-refractivity contribution in [3.8, 4) is 0 Å². The first kappa shape index (κ1) is 15.7. The maximum Gasteiger partial charge on any atom is 0.303 e. The van der Waals surface area contributed by atoms with E-state index in [-0.39, 0.29) is 23.2 Å². The molecule has 0 aliphatic heterocycles. The lowest BCUT2D eigenvalue weighted by Crippen LogP contribution is -2.22. The molecule has 2 nitrogen and oxygen atoms in total. The summed E-state index contributed by atoms with van der Waals surface area (Å²) in [7, 11) is 0. The van der Waals surface area contributed by atoms with Crippen molar-refractivity contribution >= 4 is 5.97 Å². The van der Waals surface area contributed by atoms with Crippen LogP contribution in [0.4, 0.5) is 0 Å². The average molecular weight is 262 g/mol. The first-order valence-electron chi connectivity index (χ1n) is 6.84. The van der Waals surface area contributed by atoms with Crippen LogP contribution in [0, 0.1) is 5.41 Å². The summed E-state index contributed by atoms with van der Waals surface area (Å²) in [5.41, 5.74) is 2.41. The van der Waals surface area contributed by atoms with Gasteiger partial charge >= 0.3 is 5.97 Å². The van der Waals surface area contributed by atoms with Crippen LogP contribution in [0.15, 0.2) is 24.3 Å². The molecular weight excluding hydrogens is 236 g/mol. The first-order valence-corrected chi connectivity index (χ1v) is 6.84. The lowest BCUT2D eigenvalue weighted by atomic mass is 9.73. The Hall–Kier alpha value is -1.31. The van der Waals surface area contributed by atoms with Crippen molar-refractivity contribution in [2.75, 3.05) is 0 Å². The molecule has 0 amide bonds. The third-order valence-electron chi connectivity index (χ3n) is 3.58. The molecule has 0 saturated carbocycles.